The summed E-state index contributed by atoms with van der Waals surface area (Å²) in [7, 11) is 0. The van der Waals surface area contributed by atoms with Gasteiger partial charge in [-0.05, 0) is 46.7 Å². The summed E-state index contributed by atoms with van der Waals surface area (Å²) in [6.07, 6.45) is -5.71. The summed E-state index contributed by atoms with van der Waals surface area (Å²) in [5.41, 5.74) is -1.73. The zero-order valence-corrected chi connectivity index (χ0v) is 17.2. The number of rotatable bonds is 3. The first kappa shape index (κ1) is 20.6. The monoisotopic (exact) mass is 457 g/mol. The first-order valence-electron chi connectivity index (χ1n) is 9.62. The molecule has 9 heteroatoms. The Morgan fingerprint density at radius 1 is 0.938 bits per heavy atom. The number of hydrazone groups is 1. The highest BCUT2D eigenvalue weighted by Crippen LogP contribution is 2.45. The molecule has 0 fully saturated rings. The average Bonchev–Trinajstić information content (AvgIpc) is 3.39. The number of hydrogen-bond acceptors (Lipinski definition) is 5. The molecule has 32 heavy (non-hydrogen) atoms. The van der Waals surface area contributed by atoms with Gasteiger partial charge in [-0.25, -0.2) is 9.37 Å². The van der Waals surface area contributed by atoms with Gasteiger partial charge in [0.25, 0.3) is 5.72 Å². The highest BCUT2D eigenvalue weighted by atomic mass is 32.1. The van der Waals surface area contributed by atoms with Crippen molar-refractivity contribution in [3.63, 3.8) is 0 Å². The molecule has 162 valence electrons. The molecule has 0 amide bonds. The molecule has 4 nitrogen and oxygen atoms in total. The molecular formula is C23H15F4N3OS. The lowest BCUT2D eigenvalue weighted by atomic mass is 9.98. The van der Waals surface area contributed by atoms with Crippen LogP contribution >= 0.6 is 11.3 Å². The number of alkyl halides is 3. The molecule has 0 spiro atoms. The molecule has 0 unspecified atom stereocenters. The summed E-state index contributed by atoms with van der Waals surface area (Å²) in [4.78, 5) is 4.23. The van der Waals surface area contributed by atoms with Crippen molar-refractivity contribution in [3.8, 4) is 11.3 Å². The summed E-state index contributed by atoms with van der Waals surface area (Å²) >= 11 is 0.918. The standard InChI is InChI=1S/C23H15F4N3OS/c24-18-9-7-15(8-10-18)20-13-32-21(28-20)30-22(31,23(25,26)27)12-19(29-30)17-6-5-14-3-1-2-4-16(14)11-17/h1-11,13,31H,12H2/t22-/m1/s1. The first-order chi connectivity index (χ1) is 15.2. The maximum Gasteiger partial charge on any atom is 0.438 e. The Morgan fingerprint density at radius 2 is 1.62 bits per heavy atom. The number of benzene rings is 3. The number of anilines is 1. The lowest BCUT2D eigenvalue weighted by Gasteiger charge is -2.32. The highest BCUT2D eigenvalue weighted by Gasteiger charge is 2.62. The molecule has 0 saturated heterocycles. The van der Waals surface area contributed by atoms with E-state index in [4.69, 9.17) is 0 Å². The van der Waals surface area contributed by atoms with Crippen molar-refractivity contribution in [2.45, 2.75) is 18.3 Å². The number of halogens is 4. The Hall–Kier alpha value is -3.30. The van der Waals surface area contributed by atoms with Crippen LogP contribution in [0.1, 0.15) is 12.0 Å². The van der Waals surface area contributed by atoms with Gasteiger partial charge in [-0.1, -0.05) is 36.4 Å². The molecule has 1 aliphatic rings. The van der Waals surface area contributed by atoms with E-state index >= 15 is 0 Å². The van der Waals surface area contributed by atoms with Crippen LogP contribution in [0.4, 0.5) is 22.7 Å². The number of thiazole rings is 1. The summed E-state index contributed by atoms with van der Waals surface area (Å²) in [5, 5.41) is 18.6. The Labute approximate surface area is 184 Å². The van der Waals surface area contributed by atoms with Gasteiger partial charge in [0.05, 0.1) is 17.8 Å². The summed E-state index contributed by atoms with van der Waals surface area (Å²) in [6, 6.07) is 18.2. The fourth-order valence-corrected chi connectivity index (χ4v) is 4.46. The van der Waals surface area contributed by atoms with Crippen LogP contribution in [-0.4, -0.2) is 27.7 Å². The average molecular weight is 457 g/mol. The summed E-state index contributed by atoms with van der Waals surface area (Å²) in [6.45, 7) is 0. The van der Waals surface area contributed by atoms with Crippen LogP contribution in [0, 0.1) is 5.82 Å². The van der Waals surface area contributed by atoms with E-state index < -0.39 is 24.1 Å². The van der Waals surface area contributed by atoms with E-state index in [0.29, 0.717) is 21.8 Å². The van der Waals surface area contributed by atoms with E-state index in [1.807, 2.05) is 24.3 Å². The van der Waals surface area contributed by atoms with Crippen molar-refractivity contribution in [1.82, 2.24) is 4.98 Å². The van der Waals surface area contributed by atoms with Gasteiger partial charge in [-0.2, -0.15) is 23.3 Å². The molecule has 5 rings (SSSR count). The van der Waals surface area contributed by atoms with Crippen LogP contribution in [0.5, 0.6) is 0 Å². The van der Waals surface area contributed by atoms with Crippen molar-refractivity contribution in [3.05, 3.63) is 83.5 Å². The molecule has 0 radical (unpaired) electrons. The fraction of sp³-hybridized carbons (Fsp3) is 0.130. The molecule has 1 aliphatic heterocycles. The molecule has 0 saturated carbocycles. The lowest BCUT2D eigenvalue weighted by Crippen LogP contribution is -2.55. The van der Waals surface area contributed by atoms with Gasteiger partial charge < -0.3 is 5.11 Å². The van der Waals surface area contributed by atoms with Crippen LogP contribution in [0.15, 0.2) is 77.2 Å². The van der Waals surface area contributed by atoms with E-state index in [0.717, 1.165) is 22.1 Å². The van der Waals surface area contributed by atoms with Gasteiger partial charge in [-0.3, -0.25) is 0 Å². The predicted molar refractivity (Wildman–Crippen MR) is 116 cm³/mol. The fourth-order valence-electron chi connectivity index (χ4n) is 3.61. The third-order valence-corrected chi connectivity index (χ3v) is 6.15. The minimum absolute atomic E-state index is 0.106. The second-order valence-electron chi connectivity index (χ2n) is 7.43. The van der Waals surface area contributed by atoms with Gasteiger partial charge >= 0.3 is 6.18 Å². The van der Waals surface area contributed by atoms with Gasteiger partial charge in [0, 0.05) is 10.9 Å². The maximum absolute atomic E-state index is 14.0. The first-order valence-corrected chi connectivity index (χ1v) is 10.5. The SMILES string of the molecule is O[C@@]1(C(F)(F)F)CC(c2ccc3ccccc3c2)=NN1c1nc(-c2ccc(F)cc2)cs1. The number of fused-ring (bicyclic) bond motifs is 1. The third-order valence-electron chi connectivity index (χ3n) is 5.33. The van der Waals surface area contributed by atoms with Gasteiger partial charge in [-0.15, -0.1) is 11.3 Å². The number of nitrogens with zero attached hydrogens (tertiary/aromatic N) is 3. The lowest BCUT2D eigenvalue weighted by molar-refractivity contribution is -0.254. The van der Waals surface area contributed by atoms with Crippen LogP contribution in [0.25, 0.3) is 22.0 Å². The van der Waals surface area contributed by atoms with Crippen molar-refractivity contribution >= 4 is 33.0 Å². The Kier molecular flexibility index (Phi) is 4.75. The second kappa shape index (κ2) is 7.39. The van der Waals surface area contributed by atoms with E-state index in [2.05, 4.69) is 10.1 Å². The maximum atomic E-state index is 14.0. The van der Waals surface area contributed by atoms with Crippen LogP contribution in [0.2, 0.25) is 0 Å². The van der Waals surface area contributed by atoms with Gasteiger partial charge in [0.2, 0.25) is 5.13 Å². The molecule has 4 aromatic rings. The van der Waals surface area contributed by atoms with Crippen molar-refractivity contribution < 1.29 is 22.7 Å². The number of hydrogen-bond donors (Lipinski definition) is 1. The zero-order chi connectivity index (χ0) is 22.5. The normalized spacial score (nSPS) is 18.9. The summed E-state index contributed by atoms with van der Waals surface area (Å²) in [5.74, 6) is -0.431. The number of aromatic nitrogens is 1. The molecule has 2 heterocycles. The molecule has 1 N–H and O–H groups in total. The summed E-state index contributed by atoms with van der Waals surface area (Å²) < 4.78 is 55.1. The van der Waals surface area contributed by atoms with Crippen molar-refractivity contribution in [2.75, 3.05) is 5.01 Å². The van der Waals surface area contributed by atoms with E-state index in [-0.39, 0.29) is 10.8 Å². The van der Waals surface area contributed by atoms with Crippen molar-refractivity contribution in [1.29, 1.82) is 0 Å². The molecular weight excluding hydrogens is 442 g/mol. The smallest absolute Gasteiger partial charge is 0.362 e. The Bertz CT molecular complexity index is 1330. The van der Waals surface area contributed by atoms with Crippen LogP contribution < -0.4 is 5.01 Å². The minimum atomic E-state index is -4.98. The molecule has 1 aromatic heterocycles. The molecule has 3 aromatic carbocycles. The van der Waals surface area contributed by atoms with Gasteiger partial charge in [0.1, 0.15) is 5.82 Å². The van der Waals surface area contributed by atoms with E-state index in [1.54, 1.807) is 23.6 Å². The topological polar surface area (TPSA) is 48.7 Å². The largest absolute Gasteiger partial charge is 0.438 e. The van der Waals surface area contributed by atoms with Crippen molar-refractivity contribution in [2.24, 2.45) is 5.10 Å². The van der Waals surface area contributed by atoms with E-state index in [9.17, 15) is 22.7 Å². The molecule has 0 aliphatic carbocycles. The molecule has 0 bridgehead atoms. The predicted octanol–water partition coefficient (Wildman–Crippen LogP) is 5.97. The third kappa shape index (κ3) is 3.43. The number of aliphatic hydroxyl groups is 1. The van der Waals surface area contributed by atoms with Gasteiger partial charge in [0.15, 0.2) is 0 Å². The van der Waals surface area contributed by atoms with E-state index in [1.165, 1.54) is 24.3 Å². The Balaban J connectivity index is 1.56. The molecule has 1 atom stereocenters. The quantitative estimate of drug-likeness (QED) is 0.386. The second-order valence-corrected chi connectivity index (χ2v) is 8.27. The minimum Gasteiger partial charge on any atom is -0.362 e. The van der Waals surface area contributed by atoms with Crippen LogP contribution in [0.3, 0.4) is 0 Å². The highest BCUT2D eigenvalue weighted by molar-refractivity contribution is 7.14. The Morgan fingerprint density at radius 3 is 2.34 bits per heavy atom. The van der Waals surface area contributed by atoms with Crippen LogP contribution in [-0.2, 0) is 0 Å². The zero-order valence-electron chi connectivity index (χ0n) is 16.3.